The second kappa shape index (κ2) is 9.71. The number of aromatic nitrogens is 4. The Bertz CT molecular complexity index is 1420. The number of carbonyl (C=O) groups excluding carboxylic acids is 1. The van der Waals surface area contributed by atoms with Gasteiger partial charge in [-0.3, -0.25) is 15.1 Å². The van der Waals surface area contributed by atoms with Gasteiger partial charge in [0.15, 0.2) is 0 Å². The summed E-state index contributed by atoms with van der Waals surface area (Å²) in [5, 5.41) is 8.90. The summed E-state index contributed by atoms with van der Waals surface area (Å²) < 4.78 is 1.84. The van der Waals surface area contributed by atoms with Crippen LogP contribution in [0.2, 0.25) is 0 Å². The van der Waals surface area contributed by atoms with Gasteiger partial charge in [-0.05, 0) is 74.7 Å². The summed E-state index contributed by atoms with van der Waals surface area (Å²) in [5.41, 5.74) is 5.61. The van der Waals surface area contributed by atoms with Crippen molar-refractivity contribution in [2.45, 2.75) is 39.3 Å². The molecular formula is C26H29N7O2. The van der Waals surface area contributed by atoms with Crippen molar-refractivity contribution in [1.82, 2.24) is 30.2 Å². The van der Waals surface area contributed by atoms with Crippen molar-refractivity contribution in [2.75, 3.05) is 18.4 Å². The van der Waals surface area contributed by atoms with E-state index in [-0.39, 0.29) is 11.6 Å². The van der Waals surface area contributed by atoms with Crippen molar-refractivity contribution in [3.63, 3.8) is 0 Å². The van der Waals surface area contributed by atoms with E-state index in [1.165, 1.54) is 0 Å². The molecule has 4 heterocycles. The van der Waals surface area contributed by atoms with Gasteiger partial charge in [-0.1, -0.05) is 6.07 Å². The van der Waals surface area contributed by atoms with Gasteiger partial charge in [0.1, 0.15) is 0 Å². The van der Waals surface area contributed by atoms with E-state index in [4.69, 9.17) is 0 Å². The Morgan fingerprint density at radius 1 is 1.20 bits per heavy atom. The van der Waals surface area contributed by atoms with Crippen LogP contribution < -0.4 is 21.5 Å². The number of rotatable bonds is 6. The lowest BCUT2D eigenvalue weighted by Crippen LogP contribution is -2.33. The molecule has 4 N–H and O–H groups in total. The van der Waals surface area contributed by atoms with Gasteiger partial charge in [-0.2, -0.15) is 0 Å². The quantitative estimate of drug-likeness (QED) is 0.342. The van der Waals surface area contributed by atoms with Crippen molar-refractivity contribution in [2.24, 2.45) is 0 Å². The minimum atomic E-state index is -0.331. The van der Waals surface area contributed by atoms with E-state index in [0.29, 0.717) is 30.6 Å². The summed E-state index contributed by atoms with van der Waals surface area (Å²) in [6, 6.07) is 13.4. The topological polar surface area (TPSA) is 117 Å². The highest BCUT2D eigenvalue weighted by molar-refractivity contribution is 5.98. The molecule has 1 unspecified atom stereocenters. The number of carbonyl (C=O) groups is 1. The lowest BCUT2D eigenvalue weighted by molar-refractivity contribution is 0.252. The summed E-state index contributed by atoms with van der Waals surface area (Å²) in [5.74, 6) is 0.343. The number of benzene rings is 1. The predicted molar refractivity (Wildman–Crippen MR) is 137 cm³/mol. The number of imidazole rings is 1. The predicted octanol–water partition coefficient (Wildman–Crippen LogP) is 3.66. The number of H-pyrrole nitrogens is 1. The molecule has 0 radical (unpaired) electrons. The van der Waals surface area contributed by atoms with Crippen LogP contribution in [-0.2, 0) is 6.54 Å². The van der Waals surface area contributed by atoms with Crippen LogP contribution in [0.3, 0.4) is 0 Å². The van der Waals surface area contributed by atoms with E-state index in [1.54, 1.807) is 12.3 Å². The molecule has 0 saturated carbocycles. The van der Waals surface area contributed by atoms with Crippen molar-refractivity contribution in [1.29, 1.82) is 0 Å². The second-order valence-corrected chi connectivity index (χ2v) is 8.83. The number of nitrogens with zero attached hydrogens (tertiary/aromatic N) is 3. The number of anilines is 1. The van der Waals surface area contributed by atoms with Crippen LogP contribution in [-0.4, -0.2) is 44.7 Å². The fourth-order valence-corrected chi connectivity index (χ4v) is 4.64. The van der Waals surface area contributed by atoms with Crippen LogP contribution in [0.4, 0.5) is 10.7 Å². The molecule has 1 fully saturated rings. The summed E-state index contributed by atoms with van der Waals surface area (Å²) in [7, 11) is 0. The fraction of sp³-hybridized carbons (Fsp3) is 0.308. The minimum absolute atomic E-state index is 0.0172. The van der Waals surface area contributed by atoms with Crippen molar-refractivity contribution < 1.29 is 4.79 Å². The van der Waals surface area contributed by atoms with Gasteiger partial charge in [0.25, 0.3) is 5.56 Å². The molecule has 1 atom stereocenters. The van der Waals surface area contributed by atoms with Crippen LogP contribution >= 0.6 is 0 Å². The molecule has 1 aliphatic rings. The summed E-state index contributed by atoms with van der Waals surface area (Å²) in [6.07, 6.45) is 3.97. The molecule has 1 aromatic carbocycles. The first-order valence-corrected chi connectivity index (χ1v) is 12.0. The van der Waals surface area contributed by atoms with Gasteiger partial charge in [-0.25, -0.2) is 9.78 Å². The molecule has 4 aromatic rings. The maximum atomic E-state index is 13.1. The van der Waals surface area contributed by atoms with E-state index in [9.17, 15) is 9.59 Å². The Morgan fingerprint density at radius 2 is 2.06 bits per heavy atom. The highest BCUT2D eigenvalue weighted by atomic mass is 16.2. The molecule has 9 heteroatoms. The zero-order valence-electron chi connectivity index (χ0n) is 19.9. The number of aryl methyl sites for hydroxylation is 1. The average molecular weight is 472 g/mol. The molecule has 0 aliphatic carbocycles. The van der Waals surface area contributed by atoms with Gasteiger partial charge < -0.3 is 20.2 Å². The summed E-state index contributed by atoms with van der Waals surface area (Å²) in [6.45, 7) is 6.02. The maximum Gasteiger partial charge on any atom is 0.321 e. The third kappa shape index (κ3) is 4.81. The van der Waals surface area contributed by atoms with Gasteiger partial charge >= 0.3 is 6.03 Å². The normalized spacial score (nSPS) is 15.4. The van der Waals surface area contributed by atoms with E-state index in [2.05, 4.69) is 30.9 Å². The molecule has 35 heavy (non-hydrogen) atoms. The summed E-state index contributed by atoms with van der Waals surface area (Å²) in [4.78, 5) is 37.4. The van der Waals surface area contributed by atoms with Crippen molar-refractivity contribution in [3.8, 4) is 22.4 Å². The molecule has 180 valence electrons. The van der Waals surface area contributed by atoms with E-state index in [0.717, 1.165) is 53.0 Å². The molecule has 0 bridgehead atoms. The van der Waals surface area contributed by atoms with Crippen LogP contribution in [0.25, 0.3) is 33.4 Å². The number of hydrogen-bond acceptors (Lipinski definition) is 5. The molecular weight excluding hydrogens is 442 g/mol. The number of aromatic amines is 1. The van der Waals surface area contributed by atoms with Gasteiger partial charge in [0.2, 0.25) is 5.95 Å². The first-order valence-electron chi connectivity index (χ1n) is 12.0. The monoisotopic (exact) mass is 471 g/mol. The second-order valence-electron chi connectivity index (χ2n) is 8.83. The number of urea groups is 1. The Hall–Kier alpha value is -3.98. The molecule has 3 aromatic heterocycles. The largest absolute Gasteiger partial charge is 0.338 e. The van der Waals surface area contributed by atoms with E-state index >= 15 is 0 Å². The third-order valence-corrected chi connectivity index (χ3v) is 6.33. The number of pyridine rings is 2. The Morgan fingerprint density at radius 3 is 2.77 bits per heavy atom. The lowest BCUT2D eigenvalue weighted by atomic mass is 9.99. The third-order valence-electron chi connectivity index (χ3n) is 6.33. The van der Waals surface area contributed by atoms with Crippen molar-refractivity contribution in [3.05, 3.63) is 64.7 Å². The molecule has 5 rings (SSSR count). The van der Waals surface area contributed by atoms with Gasteiger partial charge in [0.05, 0.1) is 16.7 Å². The number of nitrogens with one attached hydrogen (secondary N) is 4. The standard InChI is InChI=1S/C26H29N7O2/c1-3-27-26(35)32-25-30-22-13-18(12-20(24(22)31-25)21-8-4-5-9-29-21)17-11-16(2)33(23(34)14-17)15-19-7-6-10-28-19/h4-5,8-9,11-14,19,28H,3,6-7,10,15H2,1-2H3,(H3,27,30,31,32,35). The molecule has 1 saturated heterocycles. The molecule has 1 aliphatic heterocycles. The number of fused-ring (bicyclic) bond motifs is 1. The van der Waals surface area contributed by atoms with Gasteiger partial charge in [-0.15, -0.1) is 0 Å². The highest BCUT2D eigenvalue weighted by Crippen LogP contribution is 2.33. The van der Waals surface area contributed by atoms with Crippen LogP contribution in [0.5, 0.6) is 0 Å². The zero-order valence-corrected chi connectivity index (χ0v) is 19.9. The van der Waals surface area contributed by atoms with Crippen LogP contribution in [0.1, 0.15) is 25.5 Å². The Balaban J connectivity index is 1.58. The Labute approximate surface area is 203 Å². The van der Waals surface area contributed by atoms with Crippen LogP contribution in [0.15, 0.2) is 53.5 Å². The van der Waals surface area contributed by atoms with Crippen molar-refractivity contribution >= 4 is 23.0 Å². The first-order chi connectivity index (χ1) is 17.0. The van der Waals surface area contributed by atoms with E-state index in [1.807, 2.05) is 54.8 Å². The fourth-order valence-electron chi connectivity index (χ4n) is 4.64. The number of hydrogen-bond donors (Lipinski definition) is 4. The lowest BCUT2D eigenvalue weighted by Gasteiger charge is -2.16. The highest BCUT2D eigenvalue weighted by Gasteiger charge is 2.18. The Kier molecular flexibility index (Phi) is 6.33. The molecule has 9 nitrogen and oxygen atoms in total. The van der Waals surface area contributed by atoms with E-state index < -0.39 is 0 Å². The summed E-state index contributed by atoms with van der Waals surface area (Å²) >= 11 is 0. The average Bonchev–Trinajstić information content (AvgIpc) is 3.50. The smallest absolute Gasteiger partial charge is 0.321 e. The minimum Gasteiger partial charge on any atom is -0.338 e. The van der Waals surface area contributed by atoms with Crippen LogP contribution in [0, 0.1) is 6.92 Å². The SMILES string of the molecule is CCNC(=O)Nc1nc2c(-c3ccccn3)cc(-c3cc(C)n(CC4CCCN4)c(=O)c3)cc2[nH]1. The maximum absolute atomic E-state index is 13.1. The zero-order chi connectivity index (χ0) is 24.4. The first kappa shape index (κ1) is 22.8. The molecule has 0 spiro atoms. The number of amides is 2. The van der Waals surface area contributed by atoms with Gasteiger partial charge in [0, 0.05) is 42.7 Å². The molecule has 2 amide bonds.